The van der Waals surface area contributed by atoms with Crippen LogP contribution in [0.25, 0.3) is 0 Å². The van der Waals surface area contributed by atoms with Crippen LogP contribution in [-0.2, 0) is 11.8 Å². The van der Waals surface area contributed by atoms with E-state index >= 15 is 0 Å². The van der Waals surface area contributed by atoms with Crippen molar-refractivity contribution in [1.82, 2.24) is 14.7 Å². The highest BCUT2D eigenvalue weighted by molar-refractivity contribution is 5.91. The lowest BCUT2D eigenvalue weighted by Gasteiger charge is -2.23. The van der Waals surface area contributed by atoms with Crippen LogP contribution in [0.5, 0.6) is 5.75 Å². The Kier molecular flexibility index (Phi) is 4.82. The molecule has 0 spiro atoms. The van der Waals surface area contributed by atoms with Gasteiger partial charge in [0.25, 0.3) is 0 Å². The number of β-amino-alcohol motifs (C(OH)–C–C–N with tert-alkyl or cyclic N) is 1. The molecular weight excluding hydrogens is 308 g/mol. The Hall–Kier alpha value is -2.38. The van der Waals surface area contributed by atoms with E-state index in [-0.39, 0.29) is 19.1 Å². The van der Waals surface area contributed by atoms with E-state index in [1.807, 2.05) is 35.2 Å². The molecule has 0 bridgehead atoms. The first kappa shape index (κ1) is 16.5. The fraction of sp³-hybridized carbons (Fsp3) is 0.412. The Labute approximate surface area is 140 Å². The Balaban J connectivity index is 1.46. The van der Waals surface area contributed by atoms with Gasteiger partial charge in [0.2, 0.25) is 5.91 Å². The van der Waals surface area contributed by atoms with E-state index < -0.39 is 5.60 Å². The Bertz CT molecular complexity index is 688. The van der Waals surface area contributed by atoms with E-state index in [1.54, 1.807) is 24.0 Å². The largest absolute Gasteiger partial charge is 0.491 e. The number of aliphatic hydroxyl groups is 1. The quantitative estimate of drug-likeness (QED) is 0.822. The molecule has 0 unspecified atom stereocenters. The number of hydrogen-bond donors (Lipinski definition) is 2. The number of benzene rings is 1. The lowest BCUT2D eigenvalue weighted by Crippen LogP contribution is -2.41. The predicted octanol–water partition coefficient (Wildman–Crippen LogP) is 0.874. The maximum absolute atomic E-state index is 12.1. The van der Waals surface area contributed by atoms with E-state index in [9.17, 15) is 9.90 Å². The molecule has 1 aromatic carbocycles. The SMILES string of the molecule is Cn1ccc(NC(=O)CN2CC[C@](O)(COc3ccccc3)C2)n1. The third-order valence-corrected chi connectivity index (χ3v) is 4.01. The summed E-state index contributed by atoms with van der Waals surface area (Å²) in [7, 11) is 1.79. The van der Waals surface area contributed by atoms with Crippen LogP contribution < -0.4 is 10.1 Å². The summed E-state index contributed by atoms with van der Waals surface area (Å²) in [5, 5.41) is 17.5. The smallest absolute Gasteiger partial charge is 0.239 e. The number of aromatic nitrogens is 2. The molecule has 2 heterocycles. The summed E-state index contributed by atoms with van der Waals surface area (Å²) in [6.07, 6.45) is 2.35. The molecule has 24 heavy (non-hydrogen) atoms. The van der Waals surface area contributed by atoms with Crippen molar-refractivity contribution < 1.29 is 14.6 Å². The van der Waals surface area contributed by atoms with Gasteiger partial charge in [-0.15, -0.1) is 0 Å². The van der Waals surface area contributed by atoms with Gasteiger partial charge < -0.3 is 15.2 Å². The number of anilines is 1. The van der Waals surface area contributed by atoms with Gasteiger partial charge in [0.15, 0.2) is 5.82 Å². The number of rotatable bonds is 6. The van der Waals surface area contributed by atoms with Crippen LogP contribution in [0.1, 0.15) is 6.42 Å². The summed E-state index contributed by atoms with van der Waals surface area (Å²) in [5.74, 6) is 1.13. The van der Waals surface area contributed by atoms with Gasteiger partial charge in [-0.25, -0.2) is 0 Å². The average molecular weight is 330 g/mol. The highest BCUT2D eigenvalue weighted by Crippen LogP contribution is 2.22. The molecule has 1 aromatic heterocycles. The Morgan fingerprint density at radius 3 is 2.88 bits per heavy atom. The molecule has 0 radical (unpaired) electrons. The summed E-state index contributed by atoms with van der Waals surface area (Å²) >= 11 is 0. The van der Waals surface area contributed by atoms with Gasteiger partial charge in [0, 0.05) is 32.4 Å². The summed E-state index contributed by atoms with van der Waals surface area (Å²) in [6.45, 7) is 1.51. The molecule has 1 saturated heterocycles. The molecule has 2 aromatic rings. The van der Waals surface area contributed by atoms with Crippen molar-refractivity contribution in [2.24, 2.45) is 7.05 Å². The summed E-state index contributed by atoms with van der Waals surface area (Å²) in [6, 6.07) is 11.2. The number of aryl methyl sites for hydroxylation is 1. The molecule has 128 valence electrons. The molecule has 1 fully saturated rings. The van der Waals surface area contributed by atoms with E-state index in [0.717, 1.165) is 5.75 Å². The van der Waals surface area contributed by atoms with Crippen LogP contribution >= 0.6 is 0 Å². The monoisotopic (exact) mass is 330 g/mol. The lowest BCUT2D eigenvalue weighted by molar-refractivity contribution is -0.117. The third kappa shape index (κ3) is 4.33. The molecule has 7 nitrogen and oxygen atoms in total. The zero-order chi connectivity index (χ0) is 17.0. The van der Waals surface area contributed by atoms with E-state index in [0.29, 0.717) is 25.3 Å². The van der Waals surface area contributed by atoms with Crippen LogP contribution in [0.15, 0.2) is 42.6 Å². The Morgan fingerprint density at radius 1 is 1.38 bits per heavy atom. The molecule has 1 aliphatic heterocycles. The topological polar surface area (TPSA) is 79.6 Å². The molecule has 0 aliphatic carbocycles. The standard InChI is InChI=1S/C17H22N4O3/c1-20-9-7-15(19-20)18-16(22)11-21-10-8-17(23,12-21)13-24-14-5-3-2-4-6-14/h2-7,9,23H,8,10-13H2,1H3,(H,18,19,22)/t17-/m1/s1. The fourth-order valence-electron chi connectivity index (χ4n) is 2.79. The molecule has 1 amide bonds. The number of ether oxygens (including phenoxy) is 1. The first-order valence-electron chi connectivity index (χ1n) is 7.95. The first-order valence-corrected chi connectivity index (χ1v) is 7.95. The van der Waals surface area contributed by atoms with Crippen molar-refractivity contribution in [3.05, 3.63) is 42.6 Å². The van der Waals surface area contributed by atoms with Crippen molar-refractivity contribution in [3.8, 4) is 5.75 Å². The van der Waals surface area contributed by atoms with E-state index in [2.05, 4.69) is 10.4 Å². The predicted molar refractivity (Wildman–Crippen MR) is 89.8 cm³/mol. The van der Waals surface area contributed by atoms with Gasteiger partial charge in [-0.3, -0.25) is 14.4 Å². The molecule has 1 atom stereocenters. The second-order valence-electron chi connectivity index (χ2n) is 6.21. The van der Waals surface area contributed by atoms with Gasteiger partial charge in [-0.2, -0.15) is 5.10 Å². The van der Waals surface area contributed by atoms with Crippen LogP contribution in [0.4, 0.5) is 5.82 Å². The maximum atomic E-state index is 12.1. The minimum Gasteiger partial charge on any atom is -0.491 e. The number of nitrogens with zero attached hydrogens (tertiary/aromatic N) is 3. The Morgan fingerprint density at radius 2 is 2.17 bits per heavy atom. The number of carbonyl (C=O) groups is 1. The first-order chi connectivity index (χ1) is 11.5. The van der Waals surface area contributed by atoms with Crippen molar-refractivity contribution in [1.29, 1.82) is 0 Å². The van der Waals surface area contributed by atoms with Crippen molar-refractivity contribution in [2.75, 3.05) is 31.6 Å². The summed E-state index contributed by atoms with van der Waals surface area (Å²) < 4.78 is 7.28. The van der Waals surface area contributed by atoms with Crippen molar-refractivity contribution in [2.45, 2.75) is 12.0 Å². The lowest BCUT2D eigenvalue weighted by atomic mass is 10.1. The zero-order valence-electron chi connectivity index (χ0n) is 13.7. The number of nitrogens with one attached hydrogen (secondary N) is 1. The molecular formula is C17H22N4O3. The van der Waals surface area contributed by atoms with Crippen LogP contribution in [0, 0.1) is 0 Å². The normalized spacial score (nSPS) is 20.9. The zero-order valence-corrected chi connectivity index (χ0v) is 13.7. The number of likely N-dealkylation sites (tertiary alicyclic amines) is 1. The molecule has 7 heteroatoms. The molecule has 0 saturated carbocycles. The second-order valence-corrected chi connectivity index (χ2v) is 6.21. The molecule has 3 rings (SSSR count). The van der Waals surface area contributed by atoms with Gasteiger partial charge in [-0.1, -0.05) is 18.2 Å². The number of amides is 1. The van der Waals surface area contributed by atoms with Crippen molar-refractivity contribution >= 4 is 11.7 Å². The third-order valence-electron chi connectivity index (χ3n) is 4.01. The number of para-hydroxylation sites is 1. The molecule has 1 aliphatic rings. The second kappa shape index (κ2) is 7.02. The van der Waals surface area contributed by atoms with Gasteiger partial charge >= 0.3 is 0 Å². The minimum absolute atomic E-state index is 0.137. The van der Waals surface area contributed by atoms with Crippen LogP contribution in [-0.4, -0.2) is 57.5 Å². The fourth-order valence-corrected chi connectivity index (χ4v) is 2.79. The van der Waals surface area contributed by atoms with Crippen LogP contribution in [0.2, 0.25) is 0 Å². The highest BCUT2D eigenvalue weighted by Gasteiger charge is 2.37. The summed E-state index contributed by atoms with van der Waals surface area (Å²) in [4.78, 5) is 14.0. The van der Waals surface area contributed by atoms with E-state index in [1.165, 1.54) is 0 Å². The number of carbonyl (C=O) groups excluding carboxylic acids is 1. The average Bonchev–Trinajstić information content (AvgIpc) is 3.13. The minimum atomic E-state index is -0.929. The number of hydrogen-bond acceptors (Lipinski definition) is 5. The van der Waals surface area contributed by atoms with Gasteiger partial charge in [0.05, 0.1) is 6.54 Å². The van der Waals surface area contributed by atoms with Crippen molar-refractivity contribution in [3.63, 3.8) is 0 Å². The summed E-state index contributed by atoms with van der Waals surface area (Å²) in [5.41, 5.74) is -0.929. The molecule has 2 N–H and O–H groups in total. The van der Waals surface area contributed by atoms with Gasteiger partial charge in [0.1, 0.15) is 18.0 Å². The van der Waals surface area contributed by atoms with Crippen LogP contribution in [0.3, 0.4) is 0 Å². The maximum Gasteiger partial charge on any atom is 0.239 e. The van der Waals surface area contributed by atoms with E-state index in [4.69, 9.17) is 4.74 Å². The highest BCUT2D eigenvalue weighted by atomic mass is 16.5. The van der Waals surface area contributed by atoms with Gasteiger partial charge in [-0.05, 0) is 18.6 Å².